The Bertz CT molecular complexity index is 325. The van der Waals surface area contributed by atoms with E-state index in [1.54, 1.807) is 0 Å². The molecule has 1 aromatic rings. The van der Waals surface area contributed by atoms with Gasteiger partial charge < -0.3 is 14.3 Å². The van der Waals surface area contributed by atoms with Crippen molar-refractivity contribution >= 4 is 12.2 Å². The fraction of sp³-hybridized carbons (Fsp3) is 0.700. The number of hydrogen-bond donors (Lipinski definition) is 1. The van der Waals surface area contributed by atoms with E-state index in [4.69, 9.17) is 17.0 Å². The first kappa shape index (κ1) is 9.93. The van der Waals surface area contributed by atoms with Gasteiger partial charge in [0.15, 0.2) is 4.77 Å². The highest BCUT2D eigenvalue weighted by Gasteiger charge is 2.13. The van der Waals surface area contributed by atoms with Gasteiger partial charge in [-0.25, -0.2) is 0 Å². The van der Waals surface area contributed by atoms with Crippen LogP contribution in [0.3, 0.4) is 0 Å². The molecule has 2 heterocycles. The molecular formula is C10H16N2OS. The monoisotopic (exact) mass is 212 g/mol. The minimum Gasteiger partial charge on any atom is -0.378 e. The van der Waals surface area contributed by atoms with E-state index in [1.807, 2.05) is 12.4 Å². The van der Waals surface area contributed by atoms with E-state index in [0.29, 0.717) is 6.10 Å². The van der Waals surface area contributed by atoms with Crippen molar-refractivity contribution in [1.82, 2.24) is 9.55 Å². The van der Waals surface area contributed by atoms with Gasteiger partial charge in [-0.3, -0.25) is 0 Å². The van der Waals surface area contributed by atoms with Gasteiger partial charge >= 0.3 is 0 Å². The van der Waals surface area contributed by atoms with E-state index in [9.17, 15) is 0 Å². The summed E-state index contributed by atoms with van der Waals surface area (Å²) in [6, 6.07) is 0. The Morgan fingerprint density at radius 2 is 2.50 bits per heavy atom. The third-order valence-corrected chi connectivity index (χ3v) is 3.04. The first-order chi connectivity index (χ1) is 6.86. The Balaban J connectivity index is 1.82. The number of aromatic nitrogens is 2. The molecule has 0 bridgehead atoms. The Morgan fingerprint density at radius 3 is 3.14 bits per heavy atom. The second-order valence-corrected chi connectivity index (χ2v) is 4.12. The van der Waals surface area contributed by atoms with Crippen molar-refractivity contribution in [2.45, 2.75) is 38.3 Å². The van der Waals surface area contributed by atoms with Crippen LogP contribution >= 0.6 is 12.2 Å². The van der Waals surface area contributed by atoms with Gasteiger partial charge in [0.1, 0.15) is 0 Å². The molecule has 1 aromatic heterocycles. The second-order valence-electron chi connectivity index (χ2n) is 3.74. The molecule has 1 atom stereocenters. The van der Waals surface area contributed by atoms with Gasteiger partial charge in [0.05, 0.1) is 6.10 Å². The molecule has 1 aliphatic heterocycles. The molecule has 0 aromatic carbocycles. The Labute approximate surface area is 89.1 Å². The summed E-state index contributed by atoms with van der Waals surface area (Å²) in [6.45, 7) is 1.90. The van der Waals surface area contributed by atoms with Crippen molar-refractivity contribution in [1.29, 1.82) is 0 Å². The fourth-order valence-electron chi connectivity index (χ4n) is 1.84. The minimum absolute atomic E-state index is 0.445. The minimum atomic E-state index is 0.445. The number of hydrogen-bond acceptors (Lipinski definition) is 2. The van der Waals surface area contributed by atoms with Crippen LogP contribution in [0.4, 0.5) is 0 Å². The maximum atomic E-state index is 5.66. The average molecular weight is 212 g/mol. The predicted molar refractivity (Wildman–Crippen MR) is 57.8 cm³/mol. The summed E-state index contributed by atoms with van der Waals surface area (Å²) in [7, 11) is 0. The third-order valence-electron chi connectivity index (χ3n) is 2.69. The van der Waals surface area contributed by atoms with Crippen LogP contribution in [0, 0.1) is 4.77 Å². The topological polar surface area (TPSA) is 29.9 Å². The van der Waals surface area contributed by atoms with Crippen LogP contribution in [0.5, 0.6) is 0 Å². The van der Waals surface area contributed by atoms with Crippen molar-refractivity contribution in [2.24, 2.45) is 0 Å². The van der Waals surface area contributed by atoms with Crippen molar-refractivity contribution in [2.75, 3.05) is 6.61 Å². The summed E-state index contributed by atoms with van der Waals surface area (Å²) in [5, 5.41) is 0. The summed E-state index contributed by atoms with van der Waals surface area (Å²) < 4.78 is 8.53. The Hall–Kier alpha value is -0.610. The summed E-state index contributed by atoms with van der Waals surface area (Å²) >= 11 is 5.12. The lowest BCUT2D eigenvalue weighted by Crippen LogP contribution is -2.20. The second kappa shape index (κ2) is 4.75. The van der Waals surface area contributed by atoms with Crippen LogP contribution in [-0.2, 0) is 11.3 Å². The van der Waals surface area contributed by atoms with Gasteiger partial charge in [-0.1, -0.05) is 0 Å². The molecule has 1 N–H and O–H groups in total. The zero-order valence-corrected chi connectivity index (χ0v) is 9.05. The molecule has 0 spiro atoms. The maximum Gasteiger partial charge on any atom is 0.177 e. The molecule has 1 unspecified atom stereocenters. The van der Waals surface area contributed by atoms with Gasteiger partial charge in [0.25, 0.3) is 0 Å². The number of imidazole rings is 1. The first-order valence-corrected chi connectivity index (χ1v) is 5.62. The van der Waals surface area contributed by atoms with Gasteiger partial charge in [0.2, 0.25) is 0 Å². The summed E-state index contributed by atoms with van der Waals surface area (Å²) in [4.78, 5) is 2.99. The average Bonchev–Trinajstić information content (AvgIpc) is 2.63. The lowest BCUT2D eigenvalue weighted by molar-refractivity contribution is 0.00875. The van der Waals surface area contributed by atoms with E-state index in [1.165, 1.54) is 19.3 Å². The van der Waals surface area contributed by atoms with Gasteiger partial charge in [-0.05, 0) is 37.9 Å². The third kappa shape index (κ3) is 2.45. The Kier molecular flexibility index (Phi) is 3.37. The first-order valence-electron chi connectivity index (χ1n) is 5.22. The predicted octanol–water partition coefficient (Wildman–Crippen LogP) is 2.50. The molecule has 1 aliphatic rings. The van der Waals surface area contributed by atoms with Crippen LogP contribution in [-0.4, -0.2) is 22.3 Å². The molecule has 0 aliphatic carbocycles. The quantitative estimate of drug-likeness (QED) is 0.780. The summed E-state index contributed by atoms with van der Waals surface area (Å²) in [5.74, 6) is 0. The number of nitrogens with zero attached hydrogens (tertiary/aromatic N) is 1. The van der Waals surface area contributed by atoms with Crippen LogP contribution in [0.15, 0.2) is 12.4 Å². The van der Waals surface area contributed by atoms with E-state index < -0.39 is 0 Å². The molecule has 0 saturated carbocycles. The molecular weight excluding hydrogens is 196 g/mol. The van der Waals surface area contributed by atoms with Crippen molar-refractivity contribution in [3.63, 3.8) is 0 Å². The SMILES string of the molecule is S=c1[nH]ccn1CCC1CCCCO1. The van der Waals surface area contributed by atoms with E-state index >= 15 is 0 Å². The molecule has 14 heavy (non-hydrogen) atoms. The lowest BCUT2D eigenvalue weighted by Gasteiger charge is -2.22. The number of rotatable bonds is 3. The normalized spacial score (nSPS) is 22.4. The highest BCUT2D eigenvalue weighted by molar-refractivity contribution is 7.71. The highest BCUT2D eigenvalue weighted by atomic mass is 32.1. The number of ether oxygens (including phenoxy) is 1. The number of aromatic amines is 1. The van der Waals surface area contributed by atoms with E-state index in [-0.39, 0.29) is 0 Å². The molecule has 0 radical (unpaired) electrons. The summed E-state index contributed by atoms with van der Waals surface area (Å²) in [6.07, 6.45) is 9.13. The van der Waals surface area contributed by atoms with E-state index in [0.717, 1.165) is 24.3 Å². The number of nitrogens with one attached hydrogen (secondary N) is 1. The van der Waals surface area contributed by atoms with Gasteiger partial charge in [-0.15, -0.1) is 0 Å². The van der Waals surface area contributed by atoms with Crippen LogP contribution in [0.25, 0.3) is 0 Å². The van der Waals surface area contributed by atoms with Crippen LogP contribution in [0.2, 0.25) is 0 Å². The van der Waals surface area contributed by atoms with Crippen LogP contribution in [0.1, 0.15) is 25.7 Å². The summed E-state index contributed by atoms with van der Waals surface area (Å²) in [5.41, 5.74) is 0. The van der Waals surface area contributed by atoms with E-state index in [2.05, 4.69) is 9.55 Å². The van der Waals surface area contributed by atoms with Crippen molar-refractivity contribution < 1.29 is 4.74 Å². The molecule has 2 rings (SSSR count). The van der Waals surface area contributed by atoms with Crippen molar-refractivity contribution in [3.8, 4) is 0 Å². The molecule has 0 amide bonds. The zero-order valence-electron chi connectivity index (χ0n) is 8.24. The zero-order chi connectivity index (χ0) is 9.80. The molecule has 4 heteroatoms. The van der Waals surface area contributed by atoms with Crippen molar-refractivity contribution in [3.05, 3.63) is 17.2 Å². The lowest BCUT2D eigenvalue weighted by atomic mass is 10.1. The Morgan fingerprint density at radius 1 is 1.57 bits per heavy atom. The maximum absolute atomic E-state index is 5.66. The van der Waals surface area contributed by atoms with Crippen LogP contribution < -0.4 is 0 Å². The fourth-order valence-corrected chi connectivity index (χ4v) is 2.06. The standard InChI is InChI=1S/C10H16N2OS/c14-10-11-5-7-12(10)6-4-9-3-1-2-8-13-9/h5,7,9H,1-4,6,8H2,(H,11,14). The number of H-pyrrole nitrogens is 1. The smallest absolute Gasteiger partial charge is 0.177 e. The molecule has 1 saturated heterocycles. The molecule has 1 fully saturated rings. The highest BCUT2D eigenvalue weighted by Crippen LogP contribution is 2.16. The van der Waals surface area contributed by atoms with Gasteiger partial charge in [-0.2, -0.15) is 0 Å². The van der Waals surface area contributed by atoms with Gasteiger partial charge in [0, 0.05) is 25.5 Å². The number of aryl methyl sites for hydroxylation is 1. The molecule has 3 nitrogen and oxygen atoms in total. The molecule has 78 valence electrons. The largest absolute Gasteiger partial charge is 0.378 e.